The number of anilines is 1. The van der Waals surface area contributed by atoms with Crippen molar-refractivity contribution in [2.24, 2.45) is 12.5 Å². The molecule has 0 aromatic carbocycles. The minimum atomic E-state index is -0.212. The van der Waals surface area contributed by atoms with Gasteiger partial charge in [-0.1, -0.05) is 20.8 Å². The van der Waals surface area contributed by atoms with Gasteiger partial charge < -0.3 is 10.1 Å². The van der Waals surface area contributed by atoms with E-state index in [1.165, 1.54) is 0 Å². The van der Waals surface area contributed by atoms with E-state index >= 15 is 0 Å². The fourth-order valence-corrected chi connectivity index (χ4v) is 2.45. The van der Waals surface area contributed by atoms with Gasteiger partial charge in [0.05, 0.1) is 11.8 Å². The van der Waals surface area contributed by atoms with Crippen LogP contribution < -0.4 is 10.6 Å². The molecule has 0 bridgehead atoms. The number of aromatic nitrogens is 2. The summed E-state index contributed by atoms with van der Waals surface area (Å²) in [5, 5.41) is 10.1. The van der Waals surface area contributed by atoms with E-state index in [9.17, 15) is 4.79 Å². The summed E-state index contributed by atoms with van der Waals surface area (Å²) < 4.78 is 7.18. The number of aryl methyl sites for hydroxylation is 1. The first kappa shape index (κ1) is 15.8. The standard InChI is InChI=1S/C15H26N4O2/c1-15(2,3)9-11-8-13(19(4)18-11)17-14(20)16-10-12-6-5-7-21-12/h8,12H,5-7,9-10H2,1-4H3,(H2,16,17,20). The quantitative estimate of drug-likeness (QED) is 0.895. The SMILES string of the molecule is Cn1nc(CC(C)(C)C)cc1NC(=O)NCC1CCCO1. The minimum absolute atomic E-state index is 0.152. The Labute approximate surface area is 126 Å². The molecule has 118 valence electrons. The second kappa shape index (κ2) is 6.47. The number of nitrogens with one attached hydrogen (secondary N) is 2. The Morgan fingerprint density at radius 3 is 2.90 bits per heavy atom. The van der Waals surface area contributed by atoms with E-state index in [0.29, 0.717) is 12.4 Å². The average Bonchev–Trinajstić information content (AvgIpc) is 2.96. The molecular weight excluding hydrogens is 268 g/mol. The van der Waals surface area contributed by atoms with E-state index in [1.54, 1.807) is 4.68 Å². The first-order valence-corrected chi connectivity index (χ1v) is 7.53. The van der Waals surface area contributed by atoms with Crippen LogP contribution >= 0.6 is 0 Å². The Kier molecular flexibility index (Phi) is 4.88. The van der Waals surface area contributed by atoms with Crippen molar-refractivity contribution < 1.29 is 9.53 Å². The number of rotatable bonds is 4. The van der Waals surface area contributed by atoms with Crippen molar-refractivity contribution in [1.29, 1.82) is 0 Å². The van der Waals surface area contributed by atoms with Crippen molar-refractivity contribution in [3.05, 3.63) is 11.8 Å². The molecule has 1 aromatic rings. The van der Waals surface area contributed by atoms with Gasteiger partial charge in [-0.05, 0) is 24.7 Å². The van der Waals surface area contributed by atoms with Crippen LogP contribution in [0.2, 0.25) is 0 Å². The number of hydrogen-bond acceptors (Lipinski definition) is 3. The van der Waals surface area contributed by atoms with E-state index in [1.807, 2.05) is 13.1 Å². The summed E-state index contributed by atoms with van der Waals surface area (Å²) in [5.41, 5.74) is 1.16. The molecule has 6 nitrogen and oxygen atoms in total. The van der Waals surface area contributed by atoms with Gasteiger partial charge in [-0.25, -0.2) is 4.79 Å². The van der Waals surface area contributed by atoms with Gasteiger partial charge in [0, 0.05) is 26.3 Å². The van der Waals surface area contributed by atoms with Crippen molar-refractivity contribution in [2.45, 2.75) is 46.1 Å². The number of amides is 2. The topological polar surface area (TPSA) is 68.2 Å². The maximum atomic E-state index is 11.9. The number of carbonyl (C=O) groups excluding carboxylic acids is 1. The Morgan fingerprint density at radius 2 is 2.29 bits per heavy atom. The first-order chi connectivity index (χ1) is 9.83. The molecule has 1 saturated heterocycles. The fraction of sp³-hybridized carbons (Fsp3) is 0.733. The third kappa shape index (κ3) is 5.04. The Balaban J connectivity index is 1.85. The van der Waals surface area contributed by atoms with Gasteiger partial charge in [-0.15, -0.1) is 0 Å². The first-order valence-electron chi connectivity index (χ1n) is 7.53. The third-order valence-electron chi connectivity index (χ3n) is 3.40. The van der Waals surface area contributed by atoms with Gasteiger partial charge in [-0.3, -0.25) is 10.00 Å². The average molecular weight is 294 g/mol. The van der Waals surface area contributed by atoms with Crippen molar-refractivity contribution in [2.75, 3.05) is 18.5 Å². The predicted octanol–water partition coefficient (Wildman–Crippen LogP) is 2.31. The largest absolute Gasteiger partial charge is 0.376 e. The molecule has 2 N–H and O–H groups in total. The van der Waals surface area contributed by atoms with E-state index < -0.39 is 0 Å². The van der Waals surface area contributed by atoms with Crippen LogP contribution in [0, 0.1) is 5.41 Å². The van der Waals surface area contributed by atoms with Gasteiger partial charge in [0.15, 0.2) is 0 Å². The van der Waals surface area contributed by atoms with Crippen molar-refractivity contribution >= 4 is 11.8 Å². The van der Waals surface area contributed by atoms with E-state index in [0.717, 1.165) is 31.6 Å². The zero-order valence-corrected chi connectivity index (χ0v) is 13.4. The second-order valence-corrected chi connectivity index (χ2v) is 6.85. The molecule has 1 aliphatic heterocycles. The van der Waals surface area contributed by atoms with Crippen LogP contribution in [-0.4, -0.2) is 35.1 Å². The minimum Gasteiger partial charge on any atom is -0.376 e. The molecule has 0 spiro atoms. The summed E-state index contributed by atoms with van der Waals surface area (Å²) in [6.07, 6.45) is 3.12. The second-order valence-electron chi connectivity index (χ2n) is 6.85. The number of urea groups is 1. The molecule has 1 aliphatic rings. The summed E-state index contributed by atoms with van der Waals surface area (Å²) >= 11 is 0. The number of ether oxygens (including phenoxy) is 1. The van der Waals surface area contributed by atoms with Crippen LogP contribution in [0.15, 0.2) is 6.07 Å². The Bertz CT molecular complexity index is 484. The van der Waals surface area contributed by atoms with E-state index in [-0.39, 0.29) is 17.6 Å². The highest BCUT2D eigenvalue weighted by Gasteiger charge is 2.18. The zero-order chi connectivity index (χ0) is 15.5. The summed E-state index contributed by atoms with van der Waals surface area (Å²) in [6, 6.07) is 1.72. The summed E-state index contributed by atoms with van der Waals surface area (Å²) in [6.45, 7) is 7.86. The molecule has 2 heterocycles. The molecule has 0 aliphatic carbocycles. The lowest BCUT2D eigenvalue weighted by Gasteiger charge is -2.15. The third-order valence-corrected chi connectivity index (χ3v) is 3.40. The van der Waals surface area contributed by atoms with E-state index in [4.69, 9.17) is 4.74 Å². The number of carbonyl (C=O) groups is 1. The monoisotopic (exact) mass is 294 g/mol. The van der Waals surface area contributed by atoms with Crippen LogP contribution in [0.1, 0.15) is 39.3 Å². The highest BCUT2D eigenvalue weighted by Crippen LogP contribution is 2.21. The summed E-state index contributed by atoms with van der Waals surface area (Å²) in [5.74, 6) is 0.707. The van der Waals surface area contributed by atoms with Gasteiger partial charge in [0.1, 0.15) is 5.82 Å². The van der Waals surface area contributed by atoms with Gasteiger partial charge in [0.25, 0.3) is 0 Å². The summed E-state index contributed by atoms with van der Waals surface area (Å²) in [7, 11) is 1.84. The van der Waals surface area contributed by atoms with Crippen molar-refractivity contribution in [3.63, 3.8) is 0 Å². The maximum absolute atomic E-state index is 11.9. The van der Waals surface area contributed by atoms with Gasteiger partial charge >= 0.3 is 6.03 Å². The molecule has 1 fully saturated rings. The van der Waals surface area contributed by atoms with E-state index in [2.05, 4.69) is 36.5 Å². The number of hydrogen-bond donors (Lipinski definition) is 2. The normalized spacial score (nSPS) is 18.8. The van der Waals surface area contributed by atoms with Crippen LogP contribution in [0.5, 0.6) is 0 Å². The molecule has 1 unspecified atom stereocenters. The molecule has 2 rings (SSSR count). The molecule has 1 aromatic heterocycles. The highest BCUT2D eigenvalue weighted by molar-refractivity contribution is 5.88. The van der Waals surface area contributed by atoms with Crippen LogP contribution in [0.4, 0.5) is 10.6 Å². The van der Waals surface area contributed by atoms with Crippen LogP contribution in [-0.2, 0) is 18.2 Å². The van der Waals surface area contributed by atoms with Crippen molar-refractivity contribution in [3.8, 4) is 0 Å². The van der Waals surface area contributed by atoms with Gasteiger partial charge in [0.2, 0.25) is 0 Å². The molecule has 1 atom stereocenters. The van der Waals surface area contributed by atoms with Crippen LogP contribution in [0.3, 0.4) is 0 Å². The summed E-state index contributed by atoms with van der Waals surface area (Å²) in [4.78, 5) is 11.9. The Hall–Kier alpha value is -1.56. The smallest absolute Gasteiger partial charge is 0.320 e. The molecule has 2 amide bonds. The fourth-order valence-electron chi connectivity index (χ4n) is 2.45. The Morgan fingerprint density at radius 1 is 1.52 bits per heavy atom. The highest BCUT2D eigenvalue weighted by atomic mass is 16.5. The van der Waals surface area contributed by atoms with Crippen molar-refractivity contribution in [1.82, 2.24) is 15.1 Å². The van der Waals surface area contributed by atoms with Gasteiger partial charge in [-0.2, -0.15) is 5.10 Å². The lowest BCUT2D eigenvalue weighted by atomic mass is 9.91. The molecule has 21 heavy (non-hydrogen) atoms. The van der Waals surface area contributed by atoms with Crippen LogP contribution in [0.25, 0.3) is 0 Å². The molecule has 0 saturated carbocycles. The number of nitrogens with zero attached hydrogens (tertiary/aromatic N) is 2. The molecule has 6 heteroatoms. The molecule has 0 radical (unpaired) electrons. The lowest BCUT2D eigenvalue weighted by molar-refractivity contribution is 0.112. The zero-order valence-electron chi connectivity index (χ0n) is 13.4. The predicted molar refractivity (Wildman–Crippen MR) is 82.4 cm³/mol. The maximum Gasteiger partial charge on any atom is 0.320 e. The lowest BCUT2D eigenvalue weighted by Crippen LogP contribution is -2.35. The molecular formula is C15H26N4O2.